The molecule has 0 saturated carbocycles. The van der Waals surface area contributed by atoms with Crippen molar-refractivity contribution in [3.8, 4) is 0 Å². The van der Waals surface area contributed by atoms with Crippen LogP contribution in [0.4, 0.5) is 16.2 Å². The van der Waals surface area contributed by atoms with E-state index in [0.29, 0.717) is 0 Å². The number of aromatic amines is 1. The maximum atomic E-state index is 16.4. The number of anilines is 2. The van der Waals surface area contributed by atoms with Crippen LogP contribution in [0.15, 0.2) is 36.1 Å². The van der Waals surface area contributed by atoms with Crippen LogP contribution < -0.4 is 21.6 Å². The van der Waals surface area contributed by atoms with Crippen LogP contribution in [0, 0.1) is 0 Å². The largest absolute Gasteiger partial charge is 0.490 e. The number of amides is 1. The Kier molecular flexibility index (Phi) is 14.7. The second kappa shape index (κ2) is 19.8. The number of phosphoric ester groups is 3. The minimum atomic E-state index is -6.24. The van der Waals surface area contributed by atoms with Crippen molar-refractivity contribution in [1.82, 2.24) is 39.0 Å². The molecule has 8 heterocycles. The van der Waals surface area contributed by atoms with Crippen molar-refractivity contribution in [3.05, 3.63) is 41.6 Å². The number of aliphatic hydroxyl groups is 4. The molecule has 4 aromatic heterocycles. The minimum Gasteiger partial charge on any atom is -0.387 e. The Labute approximate surface area is 393 Å². The molecule has 0 bridgehead atoms. The summed E-state index contributed by atoms with van der Waals surface area (Å²) in [5.74, 6) is -1.87. The lowest BCUT2D eigenvalue weighted by Crippen LogP contribution is -2.46. The first kappa shape index (κ1) is 52.9. The van der Waals surface area contributed by atoms with Gasteiger partial charge < -0.3 is 65.7 Å². The standard InChI is InChI=1S/C31H40FN11O24P4/c1-40-10-43(26-18(40)27(50)39-31(34)38-26)30-22(49)20(47)13(63-30)6-60-69(53,54)66-71(57,58)67-70(55,56)61-7-14-23(16(32)28(64-14)42-9-37-17-24(33)35-8-36-25(17)42)65-68(51,52)59-5-12-19(46)21(48)29(62-12)41-3-2-11(44)4-15(41)45/h2-3,8-10,12-14,16,19-23,28-30,46-49H,4-7H2,1H3,(H8-,33,34,35,36,38,39,50,51,52,53,54,55,56,57,58)/p+1/t12-,13-,14-,16+,19?,20+,21+,22?,23?,28-,29-,30-/m1/s1. The molecule has 71 heavy (non-hydrogen) atoms. The van der Waals surface area contributed by atoms with E-state index >= 15 is 4.39 Å². The number of ketones is 1. The van der Waals surface area contributed by atoms with E-state index in [1.165, 1.54) is 17.9 Å². The molecule has 7 unspecified atom stereocenters. The number of hydrogen-bond acceptors (Lipinski definition) is 26. The van der Waals surface area contributed by atoms with Gasteiger partial charge in [0.15, 0.2) is 42.2 Å². The Morgan fingerprint density at radius 2 is 1.42 bits per heavy atom. The Balaban J connectivity index is 0.912. The van der Waals surface area contributed by atoms with Crippen LogP contribution in [0.1, 0.15) is 18.9 Å². The monoisotopic (exact) mass is 1090 g/mol. The van der Waals surface area contributed by atoms with Gasteiger partial charge in [0.05, 0.1) is 39.6 Å². The number of rotatable bonds is 18. The number of nitrogens with zero attached hydrogens (tertiary/aromatic N) is 8. The topological polar surface area (TPSA) is 501 Å². The Morgan fingerprint density at radius 1 is 0.817 bits per heavy atom. The van der Waals surface area contributed by atoms with Crippen LogP contribution >= 0.6 is 31.3 Å². The van der Waals surface area contributed by atoms with E-state index < -0.39 is 148 Å². The van der Waals surface area contributed by atoms with E-state index in [4.69, 9.17) is 39.2 Å². The van der Waals surface area contributed by atoms with E-state index in [9.17, 15) is 72.6 Å². The molecule has 13 N–H and O–H groups in total. The molecule has 3 fully saturated rings. The number of aliphatic hydroxyl groups excluding tert-OH is 4. The number of allylic oxidation sites excluding steroid dienone is 1. The first-order valence-corrected chi connectivity index (χ1v) is 26.0. The van der Waals surface area contributed by atoms with Crippen LogP contribution in [-0.4, -0.2) is 172 Å². The third-order valence-corrected chi connectivity index (χ3v) is 16.1. The molecule has 1 amide bonds. The molecule has 40 heteroatoms. The summed E-state index contributed by atoms with van der Waals surface area (Å²) in [6.07, 6.45) is -18.3. The predicted molar refractivity (Wildman–Crippen MR) is 221 cm³/mol. The number of aromatic nitrogens is 8. The van der Waals surface area contributed by atoms with Crippen molar-refractivity contribution in [2.75, 3.05) is 31.3 Å². The second-order valence-corrected chi connectivity index (χ2v) is 21.7. The van der Waals surface area contributed by atoms with E-state index in [0.717, 1.165) is 39.0 Å². The number of phosphoric acid groups is 4. The molecule has 35 nitrogen and oxygen atoms in total. The van der Waals surface area contributed by atoms with Crippen molar-refractivity contribution >= 4 is 77.1 Å². The highest BCUT2D eigenvalue weighted by atomic mass is 31.3. The van der Waals surface area contributed by atoms with E-state index in [1.807, 2.05) is 0 Å². The molecule has 4 aromatic rings. The summed E-state index contributed by atoms with van der Waals surface area (Å²) < 4.78 is 116. The van der Waals surface area contributed by atoms with Crippen molar-refractivity contribution in [3.63, 3.8) is 0 Å². The lowest BCUT2D eigenvalue weighted by Gasteiger charge is -2.28. The minimum absolute atomic E-state index is 0.0359. The van der Waals surface area contributed by atoms with Gasteiger partial charge in [-0.2, -0.15) is 8.62 Å². The molecule has 8 rings (SSSR count). The smallest absolute Gasteiger partial charge is 0.387 e. The van der Waals surface area contributed by atoms with Crippen LogP contribution in [0.3, 0.4) is 0 Å². The number of alkyl halides is 1. The molecule has 0 aliphatic carbocycles. The number of hydrogen-bond donors (Lipinski definition) is 11. The second-order valence-electron chi connectivity index (χ2n) is 15.7. The molecule has 3 saturated heterocycles. The number of ether oxygens (including phenoxy) is 3. The molecule has 390 valence electrons. The van der Waals surface area contributed by atoms with E-state index in [2.05, 4.69) is 38.1 Å². The lowest BCUT2D eigenvalue weighted by atomic mass is 10.1. The summed E-state index contributed by atoms with van der Waals surface area (Å²) in [6, 6.07) is 0. The average molecular weight is 1090 g/mol. The first-order chi connectivity index (χ1) is 33.1. The fraction of sp³-hybridized carbons (Fsp3) is 0.548. The molecular weight excluding hydrogens is 1050 g/mol. The number of halogens is 1. The highest BCUT2D eigenvalue weighted by molar-refractivity contribution is 7.66. The number of carbonyl (C=O) groups is 2. The molecule has 0 radical (unpaired) electrons. The number of imidazole rings is 2. The van der Waals surface area contributed by atoms with Gasteiger partial charge in [-0.3, -0.25) is 51.5 Å². The number of nitrogens with two attached hydrogens (primary N) is 2. The van der Waals surface area contributed by atoms with Gasteiger partial charge in [0.1, 0.15) is 60.7 Å². The van der Waals surface area contributed by atoms with Crippen molar-refractivity contribution in [2.24, 2.45) is 7.05 Å². The van der Waals surface area contributed by atoms with Crippen LogP contribution in [0.2, 0.25) is 0 Å². The zero-order chi connectivity index (χ0) is 51.7. The number of aryl methyl sites for hydroxylation is 1. The van der Waals surface area contributed by atoms with E-state index in [1.54, 1.807) is 0 Å². The molecule has 4 aliphatic heterocycles. The number of fused-ring (bicyclic) bond motifs is 2. The molecule has 0 spiro atoms. The summed E-state index contributed by atoms with van der Waals surface area (Å²) in [7, 11) is -22.3. The molecule has 16 atom stereocenters. The lowest BCUT2D eigenvalue weighted by molar-refractivity contribution is -0.745. The van der Waals surface area contributed by atoms with Crippen molar-refractivity contribution < 1.29 is 118 Å². The highest BCUT2D eigenvalue weighted by Crippen LogP contribution is 2.68. The van der Waals surface area contributed by atoms with Crippen molar-refractivity contribution in [2.45, 2.75) is 80.1 Å². The third-order valence-electron chi connectivity index (χ3n) is 10.8. The van der Waals surface area contributed by atoms with Gasteiger partial charge in [-0.05, 0) is 6.08 Å². The Hall–Kier alpha value is -4.45. The summed E-state index contributed by atoms with van der Waals surface area (Å²) in [4.78, 5) is 96.8. The zero-order valence-electron chi connectivity index (χ0n) is 35.7. The number of carbonyl (C=O) groups excluding carboxylic acids is 2. The summed E-state index contributed by atoms with van der Waals surface area (Å²) in [5, 5.41) is 42.5. The van der Waals surface area contributed by atoms with Gasteiger partial charge in [-0.25, -0.2) is 42.2 Å². The fourth-order valence-electron chi connectivity index (χ4n) is 7.67. The highest BCUT2D eigenvalue weighted by Gasteiger charge is 2.54. The van der Waals surface area contributed by atoms with E-state index in [-0.39, 0.29) is 34.1 Å². The quantitative estimate of drug-likeness (QED) is 0.0257. The van der Waals surface area contributed by atoms with Gasteiger partial charge in [0.2, 0.25) is 17.7 Å². The zero-order valence-corrected chi connectivity index (χ0v) is 39.2. The summed E-state index contributed by atoms with van der Waals surface area (Å²) >= 11 is 0. The Bertz CT molecular complexity index is 3020. The van der Waals surface area contributed by atoms with Gasteiger partial charge in [-0.1, -0.05) is 4.98 Å². The average Bonchev–Trinajstić information content (AvgIpc) is 4.05. The van der Waals surface area contributed by atoms with Gasteiger partial charge in [0.25, 0.3) is 11.5 Å². The van der Waals surface area contributed by atoms with Gasteiger partial charge in [0, 0.05) is 6.20 Å². The number of nitrogens with one attached hydrogen (secondary N) is 1. The maximum Gasteiger partial charge on any atom is 0.490 e. The maximum absolute atomic E-state index is 16.4. The van der Waals surface area contributed by atoms with Crippen LogP contribution in [-0.2, 0) is 75.8 Å². The molecule has 0 aromatic carbocycles. The fourth-order valence-corrected chi connectivity index (χ4v) is 12.1. The summed E-state index contributed by atoms with van der Waals surface area (Å²) in [6.45, 7) is -3.69. The Morgan fingerprint density at radius 3 is 2.08 bits per heavy atom. The normalized spacial score (nSPS) is 32.6. The van der Waals surface area contributed by atoms with Crippen LogP contribution in [0.5, 0.6) is 0 Å². The third kappa shape index (κ3) is 11.1. The summed E-state index contributed by atoms with van der Waals surface area (Å²) in [5.41, 5.74) is 10.4. The number of H-pyrrole nitrogens is 1. The number of nitrogen functional groups attached to an aromatic ring is 2. The van der Waals surface area contributed by atoms with Gasteiger partial charge >= 0.3 is 36.9 Å². The predicted octanol–water partition coefficient (Wildman–Crippen LogP) is -3.96. The first-order valence-electron chi connectivity index (χ1n) is 20.0. The van der Waals surface area contributed by atoms with Crippen LogP contribution in [0.25, 0.3) is 22.3 Å². The SMILES string of the molecule is Cn1c[n+]([C@@H]2O[C@H](COP(=O)(O)OP(=O)(O)OP(=O)(O)OC[C@H]3O[C@@H](n4cnc5c(N)ncnc54)[C@@H](F)C3OP(=O)(O)OC[C@H]3O[C@@H](N4C=CC(=O)CC4=O)[C@@H](O)C3O)[C@H](O)C2O)c2nc(N)[nH]c(=O)c21. The molecular formula is C31H41FN11O24P4+. The van der Waals surface area contributed by atoms with Gasteiger partial charge in [-0.15, -0.1) is 0 Å². The molecule has 4 aliphatic rings. The van der Waals surface area contributed by atoms with Crippen molar-refractivity contribution in [1.29, 1.82) is 0 Å².